The predicted octanol–water partition coefficient (Wildman–Crippen LogP) is 2.53. The zero-order valence-electron chi connectivity index (χ0n) is 6.45. The normalized spacial score (nSPS) is 12.4. The van der Waals surface area contributed by atoms with E-state index in [-0.39, 0.29) is 12.4 Å². The number of alkyl halides is 2. The molecule has 0 radical (unpaired) electrons. The Morgan fingerprint density at radius 3 is 2.38 bits per heavy atom. The van der Waals surface area contributed by atoms with Gasteiger partial charge in [0.15, 0.2) is 0 Å². The fourth-order valence-electron chi connectivity index (χ4n) is 0.730. The van der Waals surface area contributed by atoms with E-state index < -0.39 is 12.5 Å². The van der Waals surface area contributed by atoms with Crippen molar-refractivity contribution in [1.29, 1.82) is 0 Å². The van der Waals surface area contributed by atoms with Gasteiger partial charge in [-0.1, -0.05) is 6.07 Å². The zero-order chi connectivity index (χ0) is 9.14. The first-order valence-corrected chi connectivity index (χ1v) is 4.05. The standard InChI is InChI=1S/C7H7BrF2N2.ClH/c8-5-2-1-4(3-12-5)6(11)7(9)10;/h1-3,6-7H,11H2;1H/t6-;/m0./s1. The van der Waals surface area contributed by atoms with Crippen molar-refractivity contribution in [1.82, 2.24) is 4.98 Å². The second-order valence-corrected chi connectivity index (χ2v) is 3.09. The van der Waals surface area contributed by atoms with Crippen molar-refractivity contribution in [3.63, 3.8) is 0 Å². The molecule has 0 fully saturated rings. The van der Waals surface area contributed by atoms with Gasteiger partial charge in [-0.15, -0.1) is 12.4 Å². The summed E-state index contributed by atoms with van der Waals surface area (Å²) in [6.07, 6.45) is -1.21. The average Bonchev–Trinajstić information content (AvgIpc) is 2.04. The summed E-state index contributed by atoms with van der Waals surface area (Å²) in [5.74, 6) is 0. The van der Waals surface area contributed by atoms with Gasteiger partial charge in [-0.05, 0) is 27.6 Å². The number of hydrogen-bond acceptors (Lipinski definition) is 2. The third-order valence-corrected chi connectivity index (χ3v) is 1.88. The fourth-order valence-corrected chi connectivity index (χ4v) is 0.964. The van der Waals surface area contributed by atoms with E-state index in [1.165, 1.54) is 12.3 Å². The zero-order valence-corrected chi connectivity index (χ0v) is 8.86. The van der Waals surface area contributed by atoms with Crippen LogP contribution in [0.4, 0.5) is 8.78 Å². The molecule has 0 aliphatic rings. The Hall–Kier alpha value is -0.260. The Bertz CT molecular complexity index is 255. The van der Waals surface area contributed by atoms with Crippen molar-refractivity contribution in [2.75, 3.05) is 0 Å². The van der Waals surface area contributed by atoms with Gasteiger partial charge in [-0.25, -0.2) is 13.8 Å². The van der Waals surface area contributed by atoms with Crippen LogP contribution in [0.3, 0.4) is 0 Å². The molecule has 0 saturated carbocycles. The van der Waals surface area contributed by atoms with Gasteiger partial charge in [0.25, 0.3) is 6.43 Å². The highest BCUT2D eigenvalue weighted by molar-refractivity contribution is 9.10. The summed E-state index contributed by atoms with van der Waals surface area (Å²) in [4.78, 5) is 3.79. The molecule has 1 atom stereocenters. The van der Waals surface area contributed by atoms with Crippen LogP contribution in [-0.4, -0.2) is 11.4 Å². The number of halogens is 4. The lowest BCUT2D eigenvalue weighted by molar-refractivity contribution is 0.116. The van der Waals surface area contributed by atoms with Gasteiger partial charge < -0.3 is 5.73 Å². The minimum absolute atomic E-state index is 0. The second kappa shape index (κ2) is 5.47. The van der Waals surface area contributed by atoms with Gasteiger partial charge in [0.2, 0.25) is 0 Å². The van der Waals surface area contributed by atoms with E-state index in [9.17, 15) is 8.78 Å². The van der Waals surface area contributed by atoms with E-state index >= 15 is 0 Å². The van der Waals surface area contributed by atoms with Crippen LogP contribution in [0.15, 0.2) is 22.9 Å². The molecule has 13 heavy (non-hydrogen) atoms. The Kier molecular flexibility index (Phi) is 5.36. The van der Waals surface area contributed by atoms with Crippen LogP contribution >= 0.6 is 28.3 Å². The minimum atomic E-state index is -2.55. The predicted molar refractivity (Wildman–Crippen MR) is 52.1 cm³/mol. The molecule has 2 N–H and O–H groups in total. The molecule has 0 aliphatic carbocycles. The SMILES string of the molecule is Cl.N[C@@H](c1ccc(Br)nc1)C(F)F. The molecule has 1 rings (SSSR count). The van der Waals surface area contributed by atoms with E-state index in [1.54, 1.807) is 6.07 Å². The first-order valence-electron chi connectivity index (χ1n) is 3.26. The van der Waals surface area contributed by atoms with E-state index in [0.29, 0.717) is 10.2 Å². The maximum absolute atomic E-state index is 12.1. The van der Waals surface area contributed by atoms with E-state index in [0.717, 1.165) is 0 Å². The summed E-state index contributed by atoms with van der Waals surface area (Å²) < 4.78 is 24.7. The van der Waals surface area contributed by atoms with E-state index in [2.05, 4.69) is 20.9 Å². The second-order valence-electron chi connectivity index (χ2n) is 2.27. The topological polar surface area (TPSA) is 38.9 Å². The number of pyridine rings is 1. The highest BCUT2D eigenvalue weighted by atomic mass is 79.9. The fraction of sp³-hybridized carbons (Fsp3) is 0.286. The molecule has 0 aromatic carbocycles. The molecule has 0 spiro atoms. The van der Waals surface area contributed by atoms with E-state index in [4.69, 9.17) is 5.73 Å². The Balaban J connectivity index is 0.00000144. The van der Waals surface area contributed by atoms with Crippen molar-refractivity contribution in [3.8, 4) is 0 Å². The first-order chi connectivity index (χ1) is 5.61. The Morgan fingerprint density at radius 2 is 2.00 bits per heavy atom. The van der Waals surface area contributed by atoms with E-state index in [1.807, 2.05) is 0 Å². The minimum Gasteiger partial charge on any atom is -0.319 e. The van der Waals surface area contributed by atoms with Crippen LogP contribution in [0.25, 0.3) is 0 Å². The first kappa shape index (κ1) is 12.7. The lowest BCUT2D eigenvalue weighted by Gasteiger charge is -2.09. The number of aromatic nitrogens is 1. The Morgan fingerprint density at radius 1 is 1.38 bits per heavy atom. The summed E-state index contributed by atoms with van der Waals surface area (Å²) in [7, 11) is 0. The van der Waals surface area contributed by atoms with Crippen molar-refractivity contribution >= 4 is 28.3 Å². The third kappa shape index (κ3) is 3.54. The number of nitrogens with two attached hydrogens (primary N) is 1. The van der Waals surface area contributed by atoms with Crippen LogP contribution in [0.1, 0.15) is 11.6 Å². The molecule has 1 aromatic rings. The van der Waals surface area contributed by atoms with Crippen molar-refractivity contribution in [3.05, 3.63) is 28.5 Å². The summed E-state index contributed by atoms with van der Waals surface area (Å²) in [5.41, 5.74) is 5.52. The molecular weight excluding hydrogens is 265 g/mol. The van der Waals surface area contributed by atoms with Gasteiger partial charge in [-0.2, -0.15) is 0 Å². The maximum atomic E-state index is 12.1. The largest absolute Gasteiger partial charge is 0.319 e. The van der Waals surface area contributed by atoms with Crippen LogP contribution in [-0.2, 0) is 0 Å². The molecule has 6 heteroatoms. The van der Waals surface area contributed by atoms with Gasteiger partial charge in [0.1, 0.15) is 4.60 Å². The lowest BCUT2D eigenvalue weighted by atomic mass is 10.1. The number of nitrogens with zero attached hydrogens (tertiary/aromatic N) is 1. The molecule has 0 saturated heterocycles. The van der Waals surface area contributed by atoms with Gasteiger partial charge in [0.05, 0.1) is 6.04 Å². The van der Waals surface area contributed by atoms with Gasteiger partial charge >= 0.3 is 0 Å². The Labute approximate surface area is 89.1 Å². The molecular formula is C7H8BrClF2N2. The average molecular weight is 274 g/mol. The molecule has 0 amide bonds. The van der Waals surface area contributed by atoms with Crippen LogP contribution in [0.2, 0.25) is 0 Å². The highest BCUT2D eigenvalue weighted by Gasteiger charge is 2.17. The summed E-state index contributed by atoms with van der Waals surface area (Å²) >= 11 is 3.09. The molecule has 0 unspecified atom stereocenters. The van der Waals surface area contributed by atoms with Gasteiger partial charge in [-0.3, -0.25) is 0 Å². The molecule has 74 valence electrons. The van der Waals surface area contributed by atoms with Crippen LogP contribution in [0.5, 0.6) is 0 Å². The quantitative estimate of drug-likeness (QED) is 0.841. The maximum Gasteiger partial charge on any atom is 0.257 e. The summed E-state index contributed by atoms with van der Waals surface area (Å²) in [5, 5.41) is 0. The van der Waals surface area contributed by atoms with Crippen molar-refractivity contribution < 1.29 is 8.78 Å². The molecule has 1 heterocycles. The summed E-state index contributed by atoms with van der Waals surface area (Å²) in [6, 6.07) is 1.86. The smallest absolute Gasteiger partial charge is 0.257 e. The number of hydrogen-bond donors (Lipinski definition) is 1. The van der Waals surface area contributed by atoms with Crippen LogP contribution in [0, 0.1) is 0 Å². The lowest BCUT2D eigenvalue weighted by Crippen LogP contribution is -2.18. The monoisotopic (exact) mass is 272 g/mol. The molecule has 0 aliphatic heterocycles. The summed E-state index contributed by atoms with van der Waals surface area (Å²) in [6.45, 7) is 0. The molecule has 2 nitrogen and oxygen atoms in total. The molecule has 0 bridgehead atoms. The van der Waals surface area contributed by atoms with Crippen molar-refractivity contribution in [2.24, 2.45) is 5.73 Å². The van der Waals surface area contributed by atoms with Crippen LogP contribution < -0.4 is 5.73 Å². The molecule has 1 aromatic heterocycles. The third-order valence-electron chi connectivity index (χ3n) is 1.41. The van der Waals surface area contributed by atoms with Crippen molar-refractivity contribution in [2.45, 2.75) is 12.5 Å². The highest BCUT2D eigenvalue weighted by Crippen LogP contribution is 2.17. The number of rotatable bonds is 2. The van der Waals surface area contributed by atoms with Gasteiger partial charge in [0, 0.05) is 6.20 Å².